The standard InChI is InChI=1S/C20H23N3O4S/c1-12(19-13(2)28-14(3)21-19)23(4)20(24)17-10-27-18(22-17)11-26-16-8-6-7-15(9-16)25-5/h6-10,12H,11H2,1-5H3/t12-/m1/s1. The summed E-state index contributed by atoms with van der Waals surface area (Å²) < 4.78 is 16.2. The Morgan fingerprint density at radius 1 is 1.29 bits per heavy atom. The zero-order valence-electron chi connectivity index (χ0n) is 16.6. The number of benzene rings is 1. The van der Waals surface area contributed by atoms with Crippen LogP contribution in [-0.4, -0.2) is 34.9 Å². The minimum absolute atomic E-state index is 0.115. The molecule has 0 bridgehead atoms. The van der Waals surface area contributed by atoms with Crippen molar-refractivity contribution in [3.8, 4) is 11.5 Å². The molecule has 0 aliphatic heterocycles. The zero-order valence-corrected chi connectivity index (χ0v) is 17.4. The van der Waals surface area contributed by atoms with E-state index >= 15 is 0 Å². The quantitative estimate of drug-likeness (QED) is 0.591. The summed E-state index contributed by atoms with van der Waals surface area (Å²) in [6, 6.07) is 7.08. The molecule has 0 unspecified atom stereocenters. The third kappa shape index (κ3) is 4.33. The highest BCUT2D eigenvalue weighted by atomic mass is 32.1. The summed E-state index contributed by atoms with van der Waals surface area (Å²) in [6.07, 6.45) is 1.36. The Morgan fingerprint density at radius 3 is 2.71 bits per heavy atom. The fourth-order valence-electron chi connectivity index (χ4n) is 2.78. The second-order valence-electron chi connectivity index (χ2n) is 6.36. The maximum atomic E-state index is 12.8. The van der Waals surface area contributed by atoms with Gasteiger partial charge < -0.3 is 18.8 Å². The molecule has 3 rings (SSSR count). The van der Waals surface area contributed by atoms with E-state index in [1.165, 1.54) is 6.26 Å². The number of thiazole rings is 1. The lowest BCUT2D eigenvalue weighted by Gasteiger charge is -2.23. The van der Waals surface area contributed by atoms with Gasteiger partial charge in [-0.2, -0.15) is 0 Å². The highest BCUT2D eigenvalue weighted by molar-refractivity contribution is 7.11. The number of carbonyl (C=O) groups is 1. The number of carbonyl (C=O) groups excluding carboxylic acids is 1. The van der Waals surface area contributed by atoms with Crippen molar-refractivity contribution in [1.82, 2.24) is 14.9 Å². The van der Waals surface area contributed by atoms with Gasteiger partial charge in [-0.25, -0.2) is 9.97 Å². The normalized spacial score (nSPS) is 11.9. The predicted molar refractivity (Wildman–Crippen MR) is 106 cm³/mol. The first kappa shape index (κ1) is 19.9. The average Bonchev–Trinajstić information content (AvgIpc) is 3.30. The molecule has 3 aromatic rings. The topological polar surface area (TPSA) is 77.7 Å². The van der Waals surface area contributed by atoms with Gasteiger partial charge in [0.15, 0.2) is 12.3 Å². The van der Waals surface area contributed by atoms with Crippen LogP contribution in [0.1, 0.15) is 44.9 Å². The van der Waals surface area contributed by atoms with Crippen LogP contribution in [0.5, 0.6) is 11.5 Å². The lowest BCUT2D eigenvalue weighted by molar-refractivity contribution is 0.0733. The molecule has 0 saturated heterocycles. The fraction of sp³-hybridized carbons (Fsp3) is 0.350. The summed E-state index contributed by atoms with van der Waals surface area (Å²) in [6.45, 7) is 6.04. The van der Waals surface area contributed by atoms with Crippen molar-refractivity contribution in [2.45, 2.75) is 33.4 Å². The first-order chi connectivity index (χ1) is 13.4. The van der Waals surface area contributed by atoms with Crippen LogP contribution in [0.15, 0.2) is 34.9 Å². The van der Waals surface area contributed by atoms with E-state index in [1.807, 2.05) is 39.0 Å². The van der Waals surface area contributed by atoms with Crippen LogP contribution in [0, 0.1) is 13.8 Å². The van der Waals surface area contributed by atoms with Gasteiger partial charge in [0.25, 0.3) is 5.91 Å². The molecular formula is C20H23N3O4S. The Labute approximate surface area is 167 Å². The van der Waals surface area contributed by atoms with Gasteiger partial charge >= 0.3 is 0 Å². The van der Waals surface area contributed by atoms with Crippen LogP contribution in [0.2, 0.25) is 0 Å². The highest BCUT2D eigenvalue weighted by Gasteiger charge is 2.25. The lowest BCUT2D eigenvalue weighted by Crippen LogP contribution is -2.30. The smallest absolute Gasteiger partial charge is 0.276 e. The summed E-state index contributed by atoms with van der Waals surface area (Å²) in [5.74, 6) is 1.43. The first-order valence-electron chi connectivity index (χ1n) is 8.81. The number of rotatable bonds is 7. The van der Waals surface area contributed by atoms with Gasteiger partial charge in [-0.05, 0) is 32.9 Å². The summed E-state index contributed by atoms with van der Waals surface area (Å²) in [5, 5.41) is 0.985. The number of methoxy groups -OCH3 is 1. The maximum Gasteiger partial charge on any atom is 0.276 e. The van der Waals surface area contributed by atoms with Crippen LogP contribution >= 0.6 is 11.3 Å². The highest BCUT2D eigenvalue weighted by Crippen LogP contribution is 2.27. The van der Waals surface area contributed by atoms with E-state index in [-0.39, 0.29) is 24.2 Å². The lowest BCUT2D eigenvalue weighted by atomic mass is 10.2. The van der Waals surface area contributed by atoms with E-state index in [4.69, 9.17) is 13.9 Å². The minimum Gasteiger partial charge on any atom is -0.497 e. The minimum atomic E-state index is -0.228. The number of nitrogens with zero attached hydrogens (tertiary/aromatic N) is 3. The molecule has 0 saturated carbocycles. The molecule has 8 heteroatoms. The second-order valence-corrected chi connectivity index (χ2v) is 7.77. The Morgan fingerprint density at radius 2 is 2.04 bits per heavy atom. The van der Waals surface area contributed by atoms with Gasteiger partial charge in [0, 0.05) is 18.0 Å². The van der Waals surface area contributed by atoms with Crippen molar-refractivity contribution < 1.29 is 18.7 Å². The van der Waals surface area contributed by atoms with Gasteiger partial charge in [0.1, 0.15) is 17.8 Å². The molecule has 1 atom stereocenters. The molecule has 2 heterocycles. The van der Waals surface area contributed by atoms with E-state index in [9.17, 15) is 4.79 Å². The molecule has 0 aliphatic carbocycles. The summed E-state index contributed by atoms with van der Waals surface area (Å²) in [5.41, 5.74) is 1.15. The molecule has 0 N–H and O–H groups in total. The molecule has 28 heavy (non-hydrogen) atoms. The van der Waals surface area contributed by atoms with Gasteiger partial charge in [-0.1, -0.05) is 6.07 Å². The van der Waals surface area contributed by atoms with Gasteiger partial charge in [-0.15, -0.1) is 11.3 Å². The van der Waals surface area contributed by atoms with Crippen molar-refractivity contribution in [3.05, 3.63) is 57.7 Å². The van der Waals surface area contributed by atoms with Crippen LogP contribution in [-0.2, 0) is 6.61 Å². The SMILES string of the molecule is COc1cccc(OCc2nc(C(=O)N(C)[C@H](C)c3nc(C)sc3C)co2)c1. The predicted octanol–water partition coefficient (Wildman–Crippen LogP) is 4.17. The van der Waals surface area contributed by atoms with Crippen LogP contribution in [0.4, 0.5) is 0 Å². The third-order valence-electron chi connectivity index (χ3n) is 4.41. The number of aryl methyl sites for hydroxylation is 2. The van der Waals surface area contributed by atoms with Gasteiger partial charge in [0.2, 0.25) is 5.89 Å². The van der Waals surface area contributed by atoms with Crippen molar-refractivity contribution in [3.63, 3.8) is 0 Å². The molecule has 0 aliphatic rings. The number of aromatic nitrogens is 2. The number of hydrogen-bond donors (Lipinski definition) is 0. The largest absolute Gasteiger partial charge is 0.497 e. The Balaban J connectivity index is 1.65. The molecule has 0 spiro atoms. The Kier molecular flexibility index (Phi) is 5.99. The average molecular weight is 401 g/mol. The van der Waals surface area contributed by atoms with E-state index in [1.54, 1.807) is 36.5 Å². The van der Waals surface area contributed by atoms with Crippen molar-refractivity contribution in [1.29, 1.82) is 0 Å². The summed E-state index contributed by atoms with van der Waals surface area (Å²) in [4.78, 5) is 24.3. The van der Waals surface area contributed by atoms with E-state index in [0.717, 1.165) is 15.6 Å². The summed E-state index contributed by atoms with van der Waals surface area (Å²) >= 11 is 1.62. The number of hydrogen-bond acceptors (Lipinski definition) is 7. The number of ether oxygens (including phenoxy) is 2. The van der Waals surface area contributed by atoms with Gasteiger partial charge in [-0.3, -0.25) is 4.79 Å². The Bertz CT molecular complexity index is 966. The Hall–Kier alpha value is -2.87. The van der Waals surface area contributed by atoms with E-state index in [2.05, 4.69) is 9.97 Å². The third-order valence-corrected chi connectivity index (χ3v) is 5.31. The molecule has 148 valence electrons. The van der Waals surface area contributed by atoms with Gasteiger partial charge in [0.05, 0.1) is 23.9 Å². The van der Waals surface area contributed by atoms with Crippen molar-refractivity contribution in [2.24, 2.45) is 0 Å². The second kappa shape index (κ2) is 8.43. The fourth-order valence-corrected chi connectivity index (χ4v) is 3.69. The molecular weight excluding hydrogens is 378 g/mol. The maximum absolute atomic E-state index is 12.8. The molecule has 2 aromatic heterocycles. The van der Waals surface area contributed by atoms with Crippen molar-refractivity contribution >= 4 is 17.2 Å². The molecule has 0 fully saturated rings. The molecule has 1 aromatic carbocycles. The van der Waals surface area contributed by atoms with Crippen molar-refractivity contribution in [2.75, 3.05) is 14.2 Å². The molecule has 1 amide bonds. The van der Waals surface area contributed by atoms with E-state index < -0.39 is 0 Å². The molecule has 0 radical (unpaired) electrons. The van der Waals surface area contributed by atoms with Crippen LogP contribution < -0.4 is 9.47 Å². The number of oxazole rings is 1. The van der Waals surface area contributed by atoms with Crippen LogP contribution in [0.3, 0.4) is 0 Å². The summed E-state index contributed by atoms with van der Waals surface area (Å²) in [7, 11) is 3.33. The monoisotopic (exact) mass is 401 g/mol. The molecule has 7 nitrogen and oxygen atoms in total. The zero-order chi connectivity index (χ0) is 20.3. The van der Waals surface area contributed by atoms with Crippen LogP contribution in [0.25, 0.3) is 0 Å². The van der Waals surface area contributed by atoms with E-state index in [0.29, 0.717) is 17.4 Å². The number of amides is 1. The first-order valence-corrected chi connectivity index (χ1v) is 9.63.